The third kappa shape index (κ3) is 2.05. The second kappa shape index (κ2) is 4.03. The molecule has 0 aliphatic heterocycles. The molecule has 69 valence electrons. The minimum Gasteiger partial charge on any atom is -0.247 e. The summed E-state index contributed by atoms with van der Waals surface area (Å²) in [7, 11) is 0. The van der Waals surface area contributed by atoms with Crippen LogP contribution >= 0.6 is 0 Å². The summed E-state index contributed by atoms with van der Waals surface area (Å²) in [5.41, 5.74) is 0.199. The van der Waals surface area contributed by atoms with Crippen molar-refractivity contribution >= 4 is 5.97 Å². The van der Waals surface area contributed by atoms with Crippen molar-refractivity contribution < 1.29 is 14.3 Å². The van der Waals surface area contributed by atoms with Gasteiger partial charge in [0.25, 0.3) is 0 Å². The van der Waals surface area contributed by atoms with E-state index < -0.39 is 17.7 Å². The molecule has 0 aliphatic carbocycles. The molecule has 0 saturated heterocycles. The van der Waals surface area contributed by atoms with Gasteiger partial charge in [-0.2, -0.15) is 0 Å². The van der Waals surface area contributed by atoms with Gasteiger partial charge in [0.1, 0.15) is 5.82 Å². The van der Waals surface area contributed by atoms with Crippen molar-refractivity contribution in [3.63, 3.8) is 0 Å². The van der Waals surface area contributed by atoms with Crippen LogP contribution in [-0.4, -0.2) is 5.97 Å². The summed E-state index contributed by atoms with van der Waals surface area (Å²) >= 11 is 0. The maximum Gasteiger partial charge on any atom is 0.363 e. The third-order valence-electron chi connectivity index (χ3n) is 1.97. The van der Waals surface area contributed by atoms with Crippen molar-refractivity contribution in [3.05, 3.63) is 35.6 Å². The van der Waals surface area contributed by atoms with Crippen LogP contribution in [0, 0.1) is 5.82 Å². The second-order valence-electron chi connectivity index (χ2n) is 2.80. The predicted molar refractivity (Wildman–Crippen MR) is 45.1 cm³/mol. The lowest BCUT2D eigenvalue weighted by molar-refractivity contribution is -0.145. The third-order valence-corrected chi connectivity index (χ3v) is 1.97. The SMILES string of the molecule is CCC(C([O])=O)c1ccccc1F. The van der Waals surface area contributed by atoms with Crippen LogP contribution in [0.3, 0.4) is 0 Å². The Balaban J connectivity index is 3.04. The van der Waals surface area contributed by atoms with E-state index in [1.54, 1.807) is 13.0 Å². The monoisotopic (exact) mass is 181 g/mol. The highest BCUT2D eigenvalue weighted by atomic mass is 19.1. The van der Waals surface area contributed by atoms with Gasteiger partial charge in [-0.3, -0.25) is 0 Å². The van der Waals surface area contributed by atoms with Crippen LogP contribution in [0.2, 0.25) is 0 Å². The topological polar surface area (TPSA) is 37.0 Å². The maximum atomic E-state index is 13.1. The smallest absolute Gasteiger partial charge is 0.247 e. The number of rotatable bonds is 3. The number of benzene rings is 1. The number of carbonyl (C=O) groups excluding carboxylic acids is 1. The van der Waals surface area contributed by atoms with Gasteiger partial charge in [-0.05, 0) is 12.5 Å². The highest BCUT2D eigenvalue weighted by Crippen LogP contribution is 2.22. The molecule has 1 atom stereocenters. The summed E-state index contributed by atoms with van der Waals surface area (Å²) in [5.74, 6) is -2.56. The molecule has 0 amide bonds. The fourth-order valence-corrected chi connectivity index (χ4v) is 1.27. The lowest BCUT2D eigenvalue weighted by atomic mass is 9.96. The van der Waals surface area contributed by atoms with E-state index >= 15 is 0 Å². The van der Waals surface area contributed by atoms with Crippen LogP contribution in [0.15, 0.2) is 24.3 Å². The minimum absolute atomic E-state index is 0.199. The Labute approximate surface area is 76.0 Å². The molecule has 0 saturated carbocycles. The van der Waals surface area contributed by atoms with Gasteiger partial charge in [0, 0.05) is 5.56 Å². The molecule has 1 aromatic rings. The van der Waals surface area contributed by atoms with Crippen LogP contribution in [0.5, 0.6) is 0 Å². The average Bonchev–Trinajstić information content (AvgIpc) is 2.09. The summed E-state index contributed by atoms with van der Waals surface area (Å²) in [6.45, 7) is 1.69. The fraction of sp³-hybridized carbons (Fsp3) is 0.300. The van der Waals surface area contributed by atoms with E-state index in [2.05, 4.69) is 0 Å². The van der Waals surface area contributed by atoms with Crippen LogP contribution in [0.4, 0.5) is 4.39 Å². The Bertz CT molecular complexity index is 310. The molecule has 2 nitrogen and oxygen atoms in total. The molecule has 3 heteroatoms. The fourth-order valence-electron chi connectivity index (χ4n) is 1.27. The van der Waals surface area contributed by atoms with Crippen molar-refractivity contribution in [3.8, 4) is 0 Å². The van der Waals surface area contributed by atoms with Crippen LogP contribution in [0.1, 0.15) is 24.8 Å². The molecule has 1 rings (SSSR count). The van der Waals surface area contributed by atoms with E-state index in [1.807, 2.05) is 0 Å². The zero-order chi connectivity index (χ0) is 9.84. The van der Waals surface area contributed by atoms with Crippen molar-refractivity contribution in [1.82, 2.24) is 0 Å². The Morgan fingerprint density at radius 1 is 1.46 bits per heavy atom. The number of halogens is 1. The first kappa shape index (κ1) is 9.71. The molecule has 0 aliphatic rings. The quantitative estimate of drug-likeness (QED) is 0.704. The Morgan fingerprint density at radius 3 is 2.54 bits per heavy atom. The first-order valence-electron chi connectivity index (χ1n) is 4.12. The van der Waals surface area contributed by atoms with Gasteiger partial charge in [0.05, 0.1) is 5.92 Å². The number of hydrogen-bond acceptors (Lipinski definition) is 1. The summed E-state index contributed by atoms with van der Waals surface area (Å²) < 4.78 is 13.1. The minimum atomic E-state index is -1.23. The van der Waals surface area contributed by atoms with Gasteiger partial charge in [-0.1, -0.05) is 25.1 Å². The van der Waals surface area contributed by atoms with Crippen molar-refractivity contribution in [1.29, 1.82) is 0 Å². The molecule has 0 N–H and O–H groups in total. The molecule has 0 fully saturated rings. The van der Waals surface area contributed by atoms with Gasteiger partial charge in [0.2, 0.25) is 0 Å². The molecular weight excluding hydrogens is 171 g/mol. The molecule has 0 spiro atoms. The highest BCUT2D eigenvalue weighted by molar-refractivity contribution is 5.75. The lowest BCUT2D eigenvalue weighted by Crippen LogP contribution is -2.10. The summed E-state index contributed by atoms with van der Waals surface area (Å²) in [6, 6.07) is 5.87. The normalized spacial score (nSPS) is 12.5. The van der Waals surface area contributed by atoms with Crippen LogP contribution in [0.25, 0.3) is 0 Å². The van der Waals surface area contributed by atoms with Gasteiger partial charge < -0.3 is 0 Å². The summed E-state index contributed by atoms with van der Waals surface area (Å²) in [4.78, 5) is 10.6. The van der Waals surface area contributed by atoms with Gasteiger partial charge >= 0.3 is 5.97 Å². The van der Waals surface area contributed by atoms with E-state index in [1.165, 1.54) is 18.2 Å². The van der Waals surface area contributed by atoms with Crippen molar-refractivity contribution in [2.75, 3.05) is 0 Å². The molecule has 0 heterocycles. The van der Waals surface area contributed by atoms with Crippen molar-refractivity contribution in [2.45, 2.75) is 19.3 Å². The molecule has 1 radical (unpaired) electrons. The Hall–Kier alpha value is -1.38. The molecule has 13 heavy (non-hydrogen) atoms. The summed E-state index contributed by atoms with van der Waals surface area (Å²) in [6.07, 6.45) is 0.337. The molecule has 0 aromatic heterocycles. The van der Waals surface area contributed by atoms with Gasteiger partial charge in [-0.25, -0.2) is 14.3 Å². The molecule has 1 aromatic carbocycles. The van der Waals surface area contributed by atoms with Crippen LogP contribution < -0.4 is 0 Å². The highest BCUT2D eigenvalue weighted by Gasteiger charge is 2.21. The standard InChI is InChI=1S/C10H10FO2/c1-2-7(10(12)13)8-5-3-4-6-9(8)11/h3-7H,2H2,1H3. The van der Waals surface area contributed by atoms with Gasteiger partial charge in [0.15, 0.2) is 0 Å². The van der Waals surface area contributed by atoms with Crippen LogP contribution in [-0.2, 0) is 9.90 Å². The summed E-state index contributed by atoms with van der Waals surface area (Å²) in [5, 5.41) is 10.6. The zero-order valence-electron chi connectivity index (χ0n) is 7.29. The first-order chi connectivity index (χ1) is 6.16. The lowest BCUT2D eigenvalue weighted by Gasteiger charge is -2.08. The molecule has 1 unspecified atom stereocenters. The van der Waals surface area contributed by atoms with E-state index in [0.717, 1.165) is 0 Å². The number of carbonyl (C=O) groups is 1. The predicted octanol–water partition coefficient (Wildman–Crippen LogP) is 2.28. The molecule has 0 bridgehead atoms. The largest absolute Gasteiger partial charge is 0.363 e. The maximum absolute atomic E-state index is 13.1. The van der Waals surface area contributed by atoms with E-state index in [-0.39, 0.29) is 5.56 Å². The second-order valence-corrected chi connectivity index (χ2v) is 2.80. The van der Waals surface area contributed by atoms with Gasteiger partial charge in [-0.15, -0.1) is 0 Å². The average molecular weight is 181 g/mol. The van der Waals surface area contributed by atoms with Crippen molar-refractivity contribution in [2.24, 2.45) is 0 Å². The van der Waals surface area contributed by atoms with E-state index in [0.29, 0.717) is 6.42 Å². The first-order valence-corrected chi connectivity index (χ1v) is 4.12. The molecular formula is C10H10FO2. The van der Waals surface area contributed by atoms with E-state index in [4.69, 9.17) is 0 Å². The Morgan fingerprint density at radius 2 is 2.08 bits per heavy atom. The van der Waals surface area contributed by atoms with E-state index in [9.17, 15) is 14.3 Å². The number of hydrogen-bond donors (Lipinski definition) is 0. The zero-order valence-corrected chi connectivity index (χ0v) is 7.29. The Kier molecular flexibility index (Phi) is 3.01.